The van der Waals surface area contributed by atoms with E-state index in [2.05, 4.69) is 31.1 Å². The molecule has 4 heterocycles. The highest BCUT2D eigenvalue weighted by Gasteiger charge is 2.41. The van der Waals surface area contributed by atoms with Gasteiger partial charge in [0.25, 0.3) is 0 Å². The lowest BCUT2D eigenvalue weighted by molar-refractivity contribution is -0.940. The van der Waals surface area contributed by atoms with Gasteiger partial charge in [0.2, 0.25) is 5.75 Å². The number of methoxy groups -OCH3 is 3. The van der Waals surface area contributed by atoms with Gasteiger partial charge in [-0.2, -0.15) is 0 Å². The molecule has 11 heteroatoms. The summed E-state index contributed by atoms with van der Waals surface area (Å²) >= 11 is 0. The molecule has 6 bridgehead atoms. The van der Waals surface area contributed by atoms with Crippen LogP contribution in [-0.4, -0.2) is 81.5 Å². The molecule has 0 radical (unpaired) electrons. The van der Waals surface area contributed by atoms with E-state index in [-0.39, 0.29) is 24.3 Å². The van der Waals surface area contributed by atoms with Gasteiger partial charge in [-0.25, -0.2) is 0 Å². The van der Waals surface area contributed by atoms with Gasteiger partial charge in [-0.05, 0) is 84.6 Å². The van der Waals surface area contributed by atoms with Crippen LogP contribution < -0.4 is 28.4 Å². The van der Waals surface area contributed by atoms with Gasteiger partial charge in [0, 0.05) is 43.5 Å². The monoisotopic (exact) mass is 723 g/mol. The van der Waals surface area contributed by atoms with Crippen molar-refractivity contribution >= 4 is 11.9 Å². The Hall–Kier alpha value is -5.26. The Kier molecular flexibility index (Phi) is 9.97. The van der Waals surface area contributed by atoms with E-state index in [1.807, 2.05) is 48.5 Å². The summed E-state index contributed by atoms with van der Waals surface area (Å²) in [6.07, 6.45) is 2.75. The predicted octanol–water partition coefficient (Wildman–Crippen LogP) is 7.07. The maximum Gasteiger partial charge on any atom is 0.309 e. The number of ether oxygens (including phenoxy) is 6. The molecule has 1 N–H and O–H groups in total. The maximum atomic E-state index is 12.7. The van der Waals surface area contributed by atoms with Gasteiger partial charge in [0.15, 0.2) is 34.5 Å². The van der Waals surface area contributed by atoms with E-state index in [9.17, 15) is 14.7 Å². The van der Waals surface area contributed by atoms with Gasteiger partial charge in [-0.3, -0.25) is 14.5 Å². The van der Waals surface area contributed by atoms with E-state index in [0.29, 0.717) is 64.1 Å². The van der Waals surface area contributed by atoms with Crippen LogP contribution >= 0.6 is 0 Å². The van der Waals surface area contributed by atoms with Crippen molar-refractivity contribution in [2.45, 2.75) is 51.1 Å². The number of carbonyl (C=O) groups excluding carboxylic acids is 1. The molecule has 0 fully saturated rings. The van der Waals surface area contributed by atoms with Crippen LogP contribution in [0.5, 0.6) is 46.0 Å². The molecule has 4 aliphatic rings. The van der Waals surface area contributed by atoms with Crippen LogP contribution in [0.4, 0.5) is 0 Å². The van der Waals surface area contributed by atoms with Crippen LogP contribution in [-0.2, 0) is 35.3 Å². The first-order valence-electron chi connectivity index (χ1n) is 18.0. The fourth-order valence-electron chi connectivity index (χ4n) is 8.18. The van der Waals surface area contributed by atoms with E-state index in [0.717, 1.165) is 59.3 Å². The van der Waals surface area contributed by atoms with Crippen LogP contribution in [0.1, 0.15) is 58.8 Å². The summed E-state index contributed by atoms with van der Waals surface area (Å²) in [5.41, 5.74) is 6.20. The second-order valence-corrected chi connectivity index (χ2v) is 14.4. The van der Waals surface area contributed by atoms with Gasteiger partial charge in [0.05, 0.1) is 47.9 Å². The summed E-state index contributed by atoms with van der Waals surface area (Å²) in [4.78, 5) is 26.8. The normalized spacial score (nSPS) is 20.5. The number of benzene rings is 4. The van der Waals surface area contributed by atoms with Crippen LogP contribution in [0, 0.1) is 0 Å². The molecule has 278 valence electrons. The predicted molar refractivity (Wildman–Crippen MR) is 198 cm³/mol. The molecule has 3 atom stereocenters. The minimum atomic E-state index is -0.824. The molecule has 4 aliphatic heterocycles. The first-order valence-corrected chi connectivity index (χ1v) is 18.0. The lowest BCUT2D eigenvalue weighted by Gasteiger charge is -2.46. The Morgan fingerprint density at radius 3 is 2.25 bits per heavy atom. The second-order valence-electron chi connectivity index (χ2n) is 14.4. The third kappa shape index (κ3) is 7.11. The zero-order valence-corrected chi connectivity index (χ0v) is 31.2. The molecule has 4 aromatic carbocycles. The molecular formula is C42H47N2O9+. The number of quaternary nitrogens is 1. The number of likely N-dealkylation sites (N-methyl/N-ethyl adjacent to an activating group) is 2. The zero-order chi connectivity index (χ0) is 37.4. The second kappa shape index (κ2) is 14.6. The lowest BCUT2D eigenvalue weighted by Crippen LogP contribution is -2.53. The first kappa shape index (κ1) is 36.1. The molecule has 0 amide bonds. The van der Waals surface area contributed by atoms with Crippen molar-refractivity contribution in [1.29, 1.82) is 0 Å². The van der Waals surface area contributed by atoms with Crippen molar-refractivity contribution in [2.75, 3.05) is 55.1 Å². The summed E-state index contributed by atoms with van der Waals surface area (Å²) in [5.74, 6) is 2.56. The Morgan fingerprint density at radius 1 is 0.849 bits per heavy atom. The summed E-state index contributed by atoms with van der Waals surface area (Å²) in [5, 5.41) is 9.75. The third-order valence-corrected chi connectivity index (χ3v) is 11.1. The number of carboxylic acids is 1. The van der Waals surface area contributed by atoms with Crippen LogP contribution in [0.25, 0.3) is 0 Å². The number of esters is 1. The van der Waals surface area contributed by atoms with Crippen molar-refractivity contribution in [3.05, 3.63) is 94.0 Å². The zero-order valence-electron chi connectivity index (χ0n) is 31.2. The lowest BCUT2D eigenvalue weighted by atomic mass is 9.86. The average molecular weight is 724 g/mol. The van der Waals surface area contributed by atoms with Crippen LogP contribution in [0.3, 0.4) is 0 Å². The average Bonchev–Trinajstić information content (AvgIpc) is 3.14. The summed E-state index contributed by atoms with van der Waals surface area (Å²) in [6.45, 7) is 3.38. The van der Waals surface area contributed by atoms with E-state index >= 15 is 0 Å². The fraction of sp³-hybridized carbons (Fsp3) is 0.381. The summed E-state index contributed by atoms with van der Waals surface area (Å²) < 4.78 is 37.5. The van der Waals surface area contributed by atoms with Gasteiger partial charge < -0.3 is 38.0 Å². The highest BCUT2D eigenvalue weighted by Crippen LogP contribution is 2.52. The minimum absolute atomic E-state index is 0.0477. The topological polar surface area (TPSA) is 113 Å². The number of hydrogen-bond acceptors (Lipinski definition) is 9. The number of carbonyl (C=O) groups is 2. The molecule has 8 rings (SSSR count). The van der Waals surface area contributed by atoms with E-state index in [1.165, 1.54) is 6.92 Å². The van der Waals surface area contributed by atoms with E-state index in [1.54, 1.807) is 21.3 Å². The Balaban J connectivity index is 1.49. The molecule has 0 aliphatic carbocycles. The van der Waals surface area contributed by atoms with E-state index < -0.39 is 11.9 Å². The molecule has 0 saturated heterocycles. The number of nitrogens with zero attached hydrogens (tertiary/aromatic N) is 2. The van der Waals surface area contributed by atoms with Crippen molar-refractivity contribution < 1.29 is 47.6 Å². The van der Waals surface area contributed by atoms with Crippen molar-refractivity contribution in [2.24, 2.45) is 0 Å². The number of fused-ring (bicyclic) bond motifs is 2. The highest BCUT2D eigenvalue weighted by atomic mass is 16.6. The molecule has 4 aromatic rings. The standard InChI is InChI=1S/C42H46N2O9/c1-25(45)51-41-38(50-6)23-29-13-16-43(2)32-19-27-9-12-34(48-4)36(21-27)52-30-10-7-26(8-11-30)20-33-31-24-37(53-42(41)40(29)32)35(49-5)22-28(31)14-17-44(33,3)18-15-39(46)47/h7-12,21-24,32-33H,13-20H2,1-6H3/p+1. The van der Waals surface area contributed by atoms with Gasteiger partial charge in [-0.1, -0.05) is 18.2 Å². The van der Waals surface area contributed by atoms with Crippen LogP contribution in [0.2, 0.25) is 0 Å². The van der Waals surface area contributed by atoms with Gasteiger partial charge in [-0.15, -0.1) is 0 Å². The SMILES string of the molecule is COc1ccc2cc1Oc1ccc(cc1)CC1c3cc(c(OC)cc3CC[N+]1(C)CCC(=O)O)Oc1c(OC(C)=O)c(OC)cc3c1C(C2)N(C)CC3. The van der Waals surface area contributed by atoms with E-state index in [4.69, 9.17) is 28.4 Å². The minimum Gasteiger partial charge on any atom is -0.493 e. The highest BCUT2D eigenvalue weighted by molar-refractivity contribution is 5.74. The summed E-state index contributed by atoms with van der Waals surface area (Å²) in [6, 6.07) is 19.8. The molecule has 3 unspecified atom stereocenters. The van der Waals surface area contributed by atoms with Gasteiger partial charge >= 0.3 is 11.9 Å². The molecular weight excluding hydrogens is 676 g/mol. The Labute approximate surface area is 310 Å². The molecule has 0 saturated carbocycles. The number of rotatable bonds is 7. The van der Waals surface area contributed by atoms with Gasteiger partial charge in [0.1, 0.15) is 11.8 Å². The van der Waals surface area contributed by atoms with Crippen molar-refractivity contribution in [3.63, 3.8) is 0 Å². The number of hydrogen-bond donors (Lipinski definition) is 1. The molecule has 0 spiro atoms. The molecule has 11 nitrogen and oxygen atoms in total. The Morgan fingerprint density at radius 2 is 1.55 bits per heavy atom. The molecule has 0 aromatic heterocycles. The smallest absolute Gasteiger partial charge is 0.309 e. The fourth-order valence-corrected chi connectivity index (χ4v) is 8.18. The summed E-state index contributed by atoms with van der Waals surface area (Å²) in [7, 11) is 9.03. The largest absolute Gasteiger partial charge is 0.493 e. The van der Waals surface area contributed by atoms with Crippen molar-refractivity contribution in [3.8, 4) is 46.0 Å². The Bertz CT molecular complexity index is 2050. The quantitative estimate of drug-likeness (QED) is 0.121. The third-order valence-electron chi connectivity index (χ3n) is 11.1. The number of carboxylic acid groups (broad SMARTS) is 1. The van der Waals surface area contributed by atoms with Crippen LogP contribution in [0.15, 0.2) is 60.7 Å². The molecule has 53 heavy (non-hydrogen) atoms. The van der Waals surface area contributed by atoms with Crippen molar-refractivity contribution in [1.82, 2.24) is 4.90 Å². The maximum absolute atomic E-state index is 12.7. The number of aliphatic carboxylic acids is 1. The first-order chi connectivity index (χ1) is 25.5.